The molecule has 0 saturated heterocycles. The van der Waals surface area contributed by atoms with Gasteiger partial charge in [-0.25, -0.2) is 9.52 Å². The minimum Gasteiger partial charge on any atom is -0.284 e. The van der Waals surface area contributed by atoms with Crippen LogP contribution in [0.2, 0.25) is 5.02 Å². The predicted octanol–water partition coefficient (Wildman–Crippen LogP) is 3.72. The summed E-state index contributed by atoms with van der Waals surface area (Å²) in [5.41, 5.74) is 3.68. The summed E-state index contributed by atoms with van der Waals surface area (Å²) in [4.78, 5) is 15.6. The van der Waals surface area contributed by atoms with Crippen molar-refractivity contribution >= 4 is 40.0 Å². The van der Waals surface area contributed by atoms with Gasteiger partial charge in [-0.3, -0.25) is 9.80 Å². The first-order valence-electron chi connectivity index (χ1n) is 7.75. The molecule has 0 bridgehead atoms. The second kappa shape index (κ2) is 5.50. The molecule has 0 aliphatic carbocycles. The van der Waals surface area contributed by atoms with Crippen molar-refractivity contribution in [2.45, 2.75) is 20.3 Å². The molecular weight excluding hydrogens is 344 g/mol. The molecule has 4 heterocycles. The maximum atomic E-state index is 13.0. The van der Waals surface area contributed by atoms with Crippen molar-refractivity contribution in [3.8, 4) is 0 Å². The molecule has 0 unspecified atom stereocenters. The third-order valence-corrected chi connectivity index (χ3v) is 6.02. The number of halogens is 1. The van der Waals surface area contributed by atoms with Gasteiger partial charge in [0.1, 0.15) is 0 Å². The highest BCUT2D eigenvalue weighted by atomic mass is 35.5. The molecule has 3 aromatic heterocycles. The smallest absolute Gasteiger partial charge is 0.284 e. The Morgan fingerprint density at radius 1 is 1.33 bits per heavy atom. The normalized spacial score (nSPS) is 14.3. The molecule has 1 aliphatic heterocycles. The lowest BCUT2D eigenvalue weighted by molar-refractivity contribution is 0.0733. The molecule has 5 nitrogen and oxygen atoms in total. The quantitative estimate of drug-likeness (QED) is 0.664. The van der Waals surface area contributed by atoms with Crippen LogP contribution in [0.25, 0.3) is 5.52 Å². The van der Waals surface area contributed by atoms with Crippen molar-refractivity contribution in [2.24, 2.45) is 0 Å². The van der Waals surface area contributed by atoms with Crippen LogP contribution < -0.4 is 5.01 Å². The van der Waals surface area contributed by atoms with Crippen LogP contribution in [0.3, 0.4) is 0 Å². The number of aryl methyl sites for hydroxylation is 1. The number of rotatable bonds is 1. The van der Waals surface area contributed by atoms with Crippen LogP contribution in [0.4, 0.5) is 5.69 Å². The number of fused-ring (bicyclic) bond motifs is 2. The zero-order valence-electron chi connectivity index (χ0n) is 13.7. The summed E-state index contributed by atoms with van der Waals surface area (Å²) >= 11 is 7.81. The number of nitrogens with zero attached hydrogens (tertiary/aromatic N) is 4. The van der Waals surface area contributed by atoms with Gasteiger partial charge in [0.25, 0.3) is 5.91 Å². The molecule has 124 valence electrons. The van der Waals surface area contributed by atoms with Crippen LogP contribution in [0, 0.1) is 13.8 Å². The standard InChI is InChI=1S/C17H17ClN4OS/c1-10-11(2)24-15-6-7-22(20(3)16(10)15)17(23)14-8-13-5-4-12(18)9-21(13)19-14/h4-5,8-9H,6-7H2,1-3H3. The van der Waals surface area contributed by atoms with Gasteiger partial charge in [0.05, 0.1) is 16.2 Å². The summed E-state index contributed by atoms with van der Waals surface area (Å²) < 4.78 is 1.64. The molecular formula is C17H17ClN4OS. The first-order valence-corrected chi connectivity index (χ1v) is 8.94. The number of hydrazine groups is 1. The number of hydrogen-bond donors (Lipinski definition) is 0. The average molecular weight is 361 g/mol. The van der Waals surface area contributed by atoms with Gasteiger partial charge in [-0.1, -0.05) is 11.6 Å². The summed E-state index contributed by atoms with van der Waals surface area (Å²) in [6.07, 6.45) is 2.59. The van der Waals surface area contributed by atoms with E-state index in [1.54, 1.807) is 27.9 Å². The van der Waals surface area contributed by atoms with Crippen molar-refractivity contribution in [2.75, 3.05) is 18.6 Å². The Balaban J connectivity index is 1.70. The summed E-state index contributed by atoms with van der Waals surface area (Å²) in [5, 5.41) is 8.71. The fourth-order valence-corrected chi connectivity index (χ4v) is 4.54. The zero-order valence-corrected chi connectivity index (χ0v) is 15.3. The van der Waals surface area contributed by atoms with Crippen molar-refractivity contribution in [3.63, 3.8) is 0 Å². The van der Waals surface area contributed by atoms with Crippen molar-refractivity contribution < 1.29 is 4.79 Å². The van der Waals surface area contributed by atoms with Gasteiger partial charge in [0, 0.05) is 36.0 Å². The van der Waals surface area contributed by atoms with Gasteiger partial charge in [0.2, 0.25) is 0 Å². The number of anilines is 1. The Labute approximate surface area is 149 Å². The number of thiophene rings is 1. The summed E-state index contributed by atoms with van der Waals surface area (Å²) in [6.45, 7) is 4.91. The average Bonchev–Trinajstić information content (AvgIpc) is 3.09. The maximum Gasteiger partial charge on any atom is 0.292 e. The maximum absolute atomic E-state index is 13.0. The highest BCUT2D eigenvalue weighted by Crippen LogP contribution is 2.38. The summed E-state index contributed by atoms with van der Waals surface area (Å²) in [6, 6.07) is 5.45. The monoisotopic (exact) mass is 360 g/mol. The van der Waals surface area contributed by atoms with E-state index in [-0.39, 0.29) is 5.91 Å². The van der Waals surface area contributed by atoms with E-state index in [1.807, 2.05) is 29.5 Å². The molecule has 0 spiro atoms. The first kappa shape index (κ1) is 15.5. The number of hydrogen-bond acceptors (Lipinski definition) is 4. The van der Waals surface area contributed by atoms with E-state index in [2.05, 4.69) is 18.9 Å². The highest BCUT2D eigenvalue weighted by Gasteiger charge is 2.30. The van der Waals surface area contributed by atoms with Crippen molar-refractivity contribution in [1.29, 1.82) is 0 Å². The van der Waals surface area contributed by atoms with Gasteiger partial charge in [-0.05, 0) is 37.6 Å². The van der Waals surface area contributed by atoms with Crippen LogP contribution in [0.1, 0.15) is 25.8 Å². The van der Waals surface area contributed by atoms with E-state index in [1.165, 1.54) is 15.3 Å². The van der Waals surface area contributed by atoms with E-state index in [4.69, 9.17) is 11.6 Å². The Bertz CT molecular complexity index is 961. The minimum absolute atomic E-state index is 0.0915. The van der Waals surface area contributed by atoms with Crippen molar-refractivity contribution in [3.05, 3.63) is 50.4 Å². The third kappa shape index (κ3) is 2.29. The second-order valence-electron chi connectivity index (χ2n) is 6.00. The van der Waals surface area contributed by atoms with Crippen molar-refractivity contribution in [1.82, 2.24) is 14.6 Å². The predicted molar refractivity (Wildman–Crippen MR) is 97.1 cm³/mol. The van der Waals surface area contributed by atoms with Gasteiger partial charge >= 0.3 is 0 Å². The van der Waals surface area contributed by atoms with Gasteiger partial charge < -0.3 is 0 Å². The van der Waals surface area contributed by atoms with Crippen LogP contribution >= 0.6 is 22.9 Å². The Kier molecular flexibility index (Phi) is 3.54. The minimum atomic E-state index is -0.0915. The SMILES string of the molecule is Cc1sc2c(c1C)N(C)N(C(=O)c1cc3ccc(Cl)cn3n1)CC2. The highest BCUT2D eigenvalue weighted by molar-refractivity contribution is 7.12. The number of aromatic nitrogens is 2. The molecule has 0 atom stereocenters. The van der Waals surface area contributed by atoms with Gasteiger partial charge in [0.15, 0.2) is 5.69 Å². The van der Waals surface area contributed by atoms with Crippen LogP contribution in [-0.4, -0.2) is 34.1 Å². The molecule has 0 fully saturated rings. The van der Waals surface area contributed by atoms with E-state index in [0.717, 1.165) is 17.6 Å². The van der Waals surface area contributed by atoms with E-state index >= 15 is 0 Å². The van der Waals surface area contributed by atoms with E-state index < -0.39 is 0 Å². The summed E-state index contributed by atoms with van der Waals surface area (Å²) in [7, 11) is 1.95. The largest absolute Gasteiger partial charge is 0.292 e. The molecule has 7 heteroatoms. The Morgan fingerprint density at radius 3 is 2.92 bits per heavy atom. The molecule has 24 heavy (non-hydrogen) atoms. The zero-order chi connectivity index (χ0) is 17.0. The van der Waals surface area contributed by atoms with Crippen LogP contribution in [-0.2, 0) is 6.42 Å². The fourth-order valence-electron chi connectivity index (χ4n) is 3.19. The topological polar surface area (TPSA) is 40.9 Å². The van der Waals surface area contributed by atoms with Gasteiger partial charge in [-0.15, -0.1) is 11.3 Å². The Hall–Kier alpha value is -2.05. The van der Waals surface area contributed by atoms with Gasteiger partial charge in [-0.2, -0.15) is 5.10 Å². The fraction of sp³-hybridized carbons (Fsp3) is 0.294. The lowest BCUT2D eigenvalue weighted by Gasteiger charge is -2.37. The molecule has 0 aromatic carbocycles. The number of carbonyl (C=O) groups excluding carboxylic acids is 1. The van der Waals surface area contributed by atoms with E-state index in [0.29, 0.717) is 17.3 Å². The molecule has 1 aliphatic rings. The second-order valence-corrected chi connectivity index (χ2v) is 7.75. The molecule has 0 N–H and O–H groups in total. The number of amides is 1. The molecule has 0 radical (unpaired) electrons. The Morgan fingerprint density at radius 2 is 2.12 bits per heavy atom. The molecule has 1 amide bonds. The van der Waals surface area contributed by atoms with Crippen LogP contribution in [0.15, 0.2) is 24.4 Å². The number of pyridine rings is 1. The lowest BCUT2D eigenvalue weighted by atomic mass is 10.1. The molecule has 4 rings (SSSR count). The third-order valence-electron chi connectivity index (χ3n) is 4.54. The first-order chi connectivity index (χ1) is 11.5. The number of carbonyl (C=O) groups is 1. The van der Waals surface area contributed by atoms with E-state index in [9.17, 15) is 4.79 Å². The molecule has 0 saturated carbocycles. The summed E-state index contributed by atoms with van der Waals surface area (Å²) in [5.74, 6) is -0.0915. The molecule has 3 aromatic rings. The van der Waals surface area contributed by atoms with Crippen LogP contribution in [0.5, 0.6) is 0 Å². The lowest BCUT2D eigenvalue weighted by Crippen LogP contribution is -2.48.